The molecule has 0 radical (unpaired) electrons. The van der Waals surface area contributed by atoms with Crippen molar-refractivity contribution >= 4 is 51.0 Å². The molecule has 11 heteroatoms. The molecule has 2 aromatic carbocycles. The number of nitro groups is 1. The zero-order chi connectivity index (χ0) is 21.8. The quantitative estimate of drug-likeness (QED) is 0.373. The van der Waals surface area contributed by atoms with Crippen LogP contribution in [-0.2, 0) is 19.4 Å². The van der Waals surface area contributed by atoms with Gasteiger partial charge in [0.25, 0.3) is 5.91 Å². The minimum absolute atomic E-state index is 0. The molecule has 0 heterocycles. The number of rotatable bonds is 8. The molecule has 0 aliphatic carbocycles. The second-order valence-corrected chi connectivity index (χ2v) is 8.26. The van der Waals surface area contributed by atoms with Crippen LogP contribution in [0, 0.1) is 24.0 Å². The Morgan fingerprint density at radius 3 is 2.23 bits per heavy atom. The van der Waals surface area contributed by atoms with Gasteiger partial charge in [-0.2, -0.15) is 0 Å². The average molecular weight is 446 g/mol. The van der Waals surface area contributed by atoms with E-state index in [2.05, 4.69) is 5.32 Å². The Hall–Kier alpha value is -1.98. The Morgan fingerprint density at radius 2 is 1.73 bits per heavy atom. The number of benzene rings is 2. The second-order valence-electron chi connectivity index (χ2n) is 6.36. The molecule has 30 heavy (non-hydrogen) atoms. The summed E-state index contributed by atoms with van der Waals surface area (Å²) in [6.45, 7) is 3.03. The molecule has 1 atom stereocenters. The van der Waals surface area contributed by atoms with Crippen molar-refractivity contribution in [1.82, 2.24) is 0 Å². The molecule has 0 spiro atoms. The van der Waals surface area contributed by atoms with Crippen LogP contribution in [0.3, 0.4) is 0 Å². The topological polar surface area (TPSA) is 125 Å². The standard InChI is InChI=1S/C19H22N2O7S.Na.H/c1-12-9-14(10-13(2)18(12)29(25,26)11-21(23)24)20-19(22)17(28-4)15-7-5-6-8-16(15)27-3;;/h5-10,17H,11H2,1-4H3,(H,20,22);;. The number of anilines is 1. The number of carbonyl (C=O) groups excluding carboxylic acids is 1. The SMILES string of the molecule is COc1ccccc1C(OC)C(=O)Nc1cc(C)c(S(=O)(=O)C[N+](=O)[O-])c(C)c1.[NaH]. The van der Waals surface area contributed by atoms with Crippen LogP contribution in [0.2, 0.25) is 0 Å². The first-order valence-electron chi connectivity index (χ1n) is 8.53. The Bertz CT molecular complexity index is 1020. The van der Waals surface area contributed by atoms with Gasteiger partial charge in [-0.05, 0) is 43.2 Å². The van der Waals surface area contributed by atoms with E-state index >= 15 is 0 Å². The number of para-hydroxylation sites is 1. The average Bonchev–Trinajstić information content (AvgIpc) is 2.60. The number of ether oxygens (including phenoxy) is 2. The number of sulfone groups is 1. The summed E-state index contributed by atoms with van der Waals surface area (Å²) in [6.07, 6.45) is -0.954. The van der Waals surface area contributed by atoms with Crippen LogP contribution in [-0.4, -0.2) is 68.9 Å². The first-order valence-corrected chi connectivity index (χ1v) is 10.2. The van der Waals surface area contributed by atoms with E-state index in [-0.39, 0.29) is 34.5 Å². The summed E-state index contributed by atoms with van der Waals surface area (Å²) in [6, 6.07) is 9.83. The van der Waals surface area contributed by atoms with Crippen molar-refractivity contribution in [2.45, 2.75) is 24.8 Å². The summed E-state index contributed by atoms with van der Waals surface area (Å²) in [4.78, 5) is 22.4. The monoisotopic (exact) mass is 446 g/mol. The molecule has 0 aliphatic rings. The van der Waals surface area contributed by atoms with Gasteiger partial charge in [0.2, 0.25) is 9.84 Å². The number of hydrogen-bond donors (Lipinski definition) is 1. The summed E-state index contributed by atoms with van der Waals surface area (Å²) < 4.78 is 35.1. The molecular formula is C19H23N2NaO7S. The van der Waals surface area contributed by atoms with Crippen LogP contribution in [0.15, 0.2) is 41.3 Å². The van der Waals surface area contributed by atoms with Gasteiger partial charge in [-0.25, -0.2) is 8.42 Å². The number of nitrogens with zero attached hydrogens (tertiary/aromatic N) is 1. The molecule has 9 nitrogen and oxygen atoms in total. The fourth-order valence-corrected chi connectivity index (χ4v) is 4.69. The van der Waals surface area contributed by atoms with Crippen LogP contribution in [0.25, 0.3) is 0 Å². The van der Waals surface area contributed by atoms with E-state index in [1.165, 1.54) is 40.2 Å². The van der Waals surface area contributed by atoms with Gasteiger partial charge in [0.05, 0.1) is 12.0 Å². The van der Waals surface area contributed by atoms with Gasteiger partial charge in [0.15, 0.2) is 6.10 Å². The van der Waals surface area contributed by atoms with Crippen LogP contribution in [0.1, 0.15) is 22.8 Å². The summed E-state index contributed by atoms with van der Waals surface area (Å²) in [5, 5.41) is 13.4. The third-order valence-corrected chi connectivity index (χ3v) is 6.03. The number of hydrogen-bond acceptors (Lipinski definition) is 7. The maximum atomic E-state index is 12.8. The van der Waals surface area contributed by atoms with Crippen LogP contribution < -0.4 is 10.1 Å². The summed E-state index contributed by atoms with van der Waals surface area (Å²) in [5.74, 6) is -1.18. The summed E-state index contributed by atoms with van der Waals surface area (Å²) in [5.41, 5.74) is 1.48. The second kappa shape index (κ2) is 10.9. The molecule has 1 N–H and O–H groups in total. The van der Waals surface area contributed by atoms with Crippen molar-refractivity contribution in [3.8, 4) is 5.75 Å². The van der Waals surface area contributed by atoms with Crippen LogP contribution >= 0.6 is 0 Å². The Kier molecular flexibility index (Phi) is 9.44. The van der Waals surface area contributed by atoms with Crippen molar-refractivity contribution in [2.75, 3.05) is 25.4 Å². The van der Waals surface area contributed by atoms with Crippen LogP contribution in [0.5, 0.6) is 5.75 Å². The van der Waals surface area contributed by atoms with E-state index in [0.717, 1.165) is 0 Å². The molecular weight excluding hydrogens is 423 g/mol. The Labute approximate surface area is 197 Å². The molecule has 1 amide bonds. The molecule has 1 unspecified atom stereocenters. The predicted octanol–water partition coefficient (Wildman–Crippen LogP) is 2.00. The molecule has 0 saturated carbocycles. The number of aryl methyl sites for hydroxylation is 2. The van der Waals surface area contributed by atoms with Gasteiger partial charge in [0.1, 0.15) is 5.75 Å². The van der Waals surface area contributed by atoms with E-state index in [0.29, 0.717) is 28.1 Å². The van der Waals surface area contributed by atoms with E-state index < -0.39 is 32.6 Å². The molecule has 2 rings (SSSR count). The van der Waals surface area contributed by atoms with E-state index in [9.17, 15) is 23.3 Å². The van der Waals surface area contributed by atoms with E-state index in [4.69, 9.17) is 9.47 Å². The maximum absolute atomic E-state index is 12.8. The molecule has 158 valence electrons. The molecule has 0 bridgehead atoms. The fraction of sp³-hybridized carbons (Fsp3) is 0.316. The molecule has 2 aromatic rings. The molecule has 0 aromatic heterocycles. The van der Waals surface area contributed by atoms with Crippen molar-refractivity contribution in [3.63, 3.8) is 0 Å². The first kappa shape index (κ1) is 26.1. The fourth-order valence-electron chi connectivity index (χ4n) is 3.18. The van der Waals surface area contributed by atoms with Crippen molar-refractivity contribution in [2.24, 2.45) is 0 Å². The third-order valence-electron chi connectivity index (χ3n) is 4.21. The van der Waals surface area contributed by atoms with Gasteiger partial charge in [-0.1, -0.05) is 18.2 Å². The summed E-state index contributed by atoms with van der Waals surface area (Å²) >= 11 is 0. The van der Waals surface area contributed by atoms with Crippen molar-refractivity contribution < 1.29 is 27.6 Å². The van der Waals surface area contributed by atoms with Crippen LogP contribution in [0.4, 0.5) is 5.69 Å². The molecule has 0 saturated heterocycles. The normalized spacial score (nSPS) is 11.9. The third kappa shape index (κ3) is 6.02. The summed E-state index contributed by atoms with van der Waals surface area (Å²) in [7, 11) is -1.22. The van der Waals surface area contributed by atoms with Gasteiger partial charge in [-0.3, -0.25) is 14.9 Å². The Balaban J connectivity index is 0.00000450. The van der Waals surface area contributed by atoms with Crippen molar-refractivity contribution in [1.29, 1.82) is 0 Å². The molecule has 0 aliphatic heterocycles. The van der Waals surface area contributed by atoms with Crippen molar-refractivity contribution in [3.05, 3.63) is 63.2 Å². The van der Waals surface area contributed by atoms with Gasteiger partial charge in [0, 0.05) is 23.3 Å². The minimum atomic E-state index is -4.09. The number of nitrogens with one attached hydrogen (secondary N) is 1. The number of amides is 1. The van der Waals surface area contributed by atoms with Gasteiger partial charge < -0.3 is 14.8 Å². The first-order chi connectivity index (χ1) is 13.6. The Morgan fingerprint density at radius 1 is 1.17 bits per heavy atom. The van der Waals surface area contributed by atoms with Gasteiger partial charge in [-0.15, -0.1) is 0 Å². The number of methoxy groups -OCH3 is 2. The zero-order valence-electron chi connectivity index (χ0n) is 16.5. The van der Waals surface area contributed by atoms with Gasteiger partial charge >= 0.3 is 35.4 Å². The van der Waals surface area contributed by atoms with E-state index in [1.807, 2.05) is 0 Å². The molecule has 0 fully saturated rings. The predicted molar refractivity (Wildman–Crippen MR) is 113 cm³/mol. The number of carbonyl (C=O) groups is 1. The van der Waals surface area contributed by atoms with E-state index in [1.54, 1.807) is 24.3 Å². The zero-order valence-corrected chi connectivity index (χ0v) is 17.3.